The summed E-state index contributed by atoms with van der Waals surface area (Å²) in [7, 11) is 0. The van der Waals surface area contributed by atoms with Crippen LogP contribution in [0.1, 0.15) is 28.4 Å². The molecule has 0 bridgehead atoms. The maximum absolute atomic E-state index is 11.0. The van der Waals surface area contributed by atoms with Crippen molar-refractivity contribution in [3.05, 3.63) is 33.8 Å². The van der Waals surface area contributed by atoms with E-state index in [4.69, 9.17) is 16.7 Å². The van der Waals surface area contributed by atoms with Crippen LogP contribution in [0.3, 0.4) is 0 Å². The summed E-state index contributed by atoms with van der Waals surface area (Å²) in [6, 6.07) is 4.41. The third-order valence-corrected chi connectivity index (χ3v) is 3.04. The van der Waals surface area contributed by atoms with E-state index in [-0.39, 0.29) is 23.4 Å². The summed E-state index contributed by atoms with van der Waals surface area (Å²) in [6.45, 7) is 0. The molecule has 0 fully saturated rings. The van der Waals surface area contributed by atoms with Gasteiger partial charge >= 0.3 is 5.97 Å². The molecule has 0 spiro atoms. The Kier molecular flexibility index (Phi) is 5.39. The lowest BCUT2D eigenvalue weighted by molar-refractivity contribution is 0.0160. The zero-order valence-corrected chi connectivity index (χ0v) is 11.1. The summed E-state index contributed by atoms with van der Waals surface area (Å²) in [4.78, 5) is 11.0. The van der Waals surface area contributed by atoms with E-state index in [0.717, 1.165) is 0 Å². The first kappa shape index (κ1) is 14.4. The SMILES string of the molecule is O=C(O)c1ccc(Br)cc1C(O)C(O)CCCl. The lowest BCUT2D eigenvalue weighted by Crippen LogP contribution is -2.21. The number of carboxylic acid groups (broad SMARTS) is 1. The first-order chi connectivity index (χ1) is 7.97. The molecule has 0 radical (unpaired) electrons. The minimum absolute atomic E-state index is 0.0330. The Morgan fingerprint density at radius 3 is 2.59 bits per heavy atom. The van der Waals surface area contributed by atoms with Crippen LogP contribution in [0.5, 0.6) is 0 Å². The fourth-order valence-corrected chi connectivity index (χ4v) is 2.05. The highest BCUT2D eigenvalue weighted by atomic mass is 79.9. The van der Waals surface area contributed by atoms with Crippen LogP contribution in [0.4, 0.5) is 0 Å². The van der Waals surface area contributed by atoms with Crippen molar-refractivity contribution in [1.29, 1.82) is 0 Å². The molecular formula is C11H12BrClO4. The molecule has 2 atom stereocenters. The first-order valence-electron chi connectivity index (χ1n) is 4.92. The predicted molar refractivity (Wildman–Crippen MR) is 67.4 cm³/mol. The molecule has 0 aliphatic heterocycles. The van der Waals surface area contributed by atoms with Crippen LogP contribution in [-0.2, 0) is 0 Å². The third kappa shape index (κ3) is 3.67. The van der Waals surface area contributed by atoms with Gasteiger partial charge in [-0.25, -0.2) is 4.79 Å². The Hall–Kier alpha value is -0.620. The second-order valence-corrected chi connectivity index (χ2v) is 4.82. The quantitative estimate of drug-likeness (QED) is 0.726. The molecule has 3 N–H and O–H groups in total. The number of aromatic carboxylic acids is 1. The number of carboxylic acids is 1. The zero-order valence-electron chi connectivity index (χ0n) is 8.81. The van der Waals surface area contributed by atoms with Gasteiger partial charge in [0.15, 0.2) is 0 Å². The monoisotopic (exact) mass is 322 g/mol. The Labute approximate surface area is 112 Å². The topological polar surface area (TPSA) is 77.8 Å². The number of rotatable bonds is 5. The molecule has 0 amide bonds. The number of hydrogen-bond acceptors (Lipinski definition) is 3. The minimum atomic E-state index is -1.27. The third-order valence-electron chi connectivity index (χ3n) is 2.33. The number of alkyl halides is 1. The molecule has 0 heterocycles. The van der Waals surface area contributed by atoms with Crippen molar-refractivity contribution in [2.75, 3.05) is 5.88 Å². The lowest BCUT2D eigenvalue weighted by Gasteiger charge is -2.19. The number of aliphatic hydroxyl groups excluding tert-OH is 2. The Morgan fingerprint density at radius 2 is 2.06 bits per heavy atom. The van der Waals surface area contributed by atoms with Gasteiger partial charge < -0.3 is 15.3 Å². The normalized spacial score (nSPS) is 14.4. The van der Waals surface area contributed by atoms with E-state index >= 15 is 0 Å². The van der Waals surface area contributed by atoms with Gasteiger partial charge in [0.25, 0.3) is 0 Å². The molecule has 94 valence electrons. The van der Waals surface area contributed by atoms with Gasteiger partial charge in [0.1, 0.15) is 6.10 Å². The summed E-state index contributed by atoms with van der Waals surface area (Å²) in [5, 5.41) is 28.5. The van der Waals surface area contributed by atoms with Crippen LogP contribution in [0.2, 0.25) is 0 Å². The number of benzene rings is 1. The summed E-state index contributed by atoms with van der Waals surface area (Å²) in [5.74, 6) is -0.959. The average molecular weight is 324 g/mol. The Bertz CT molecular complexity index is 410. The van der Waals surface area contributed by atoms with E-state index in [1.54, 1.807) is 6.07 Å². The van der Waals surface area contributed by atoms with Crippen LogP contribution in [0, 0.1) is 0 Å². The van der Waals surface area contributed by atoms with Gasteiger partial charge in [-0.05, 0) is 30.2 Å². The smallest absolute Gasteiger partial charge is 0.336 e. The van der Waals surface area contributed by atoms with E-state index in [0.29, 0.717) is 4.47 Å². The molecule has 4 nitrogen and oxygen atoms in total. The van der Waals surface area contributed by atoms with Gasteiger partial charge in [-0.1, -0.05) is 15.9 Å². The van der Waals surface area contributed by atoms with Gasteiger partial charge in [-0.2, -0.15) is 0 Å². The van der Waals surface area contributed by atoms with Gasteiger partial charge in [-0.15, -0.1) is 11.6 Å². The molecule has 0 aliphatic rings. The standard InChI is InChI=1S/C11H12BrClO4/c12-6-1-2-7(11(16)17)8(5-6)10(15)9(14)3-4-13/h1-2,5,9-10,14-15H,3-4H2,(H,16,17). The fraction of sp³-hybridized carbons (Fsp3) is 0.364. The molecule has 2 unspecified atom stereocenters. The Morgan fingerprint density at radius 1 is 1.41 bits per heavy atom. The average Bonchev–Trinajstić information content (AvgIpc) is 2.27. The van der Waals surface area contributed by atoms with E-state index in [1.165, 1.54) is 12.1 Å². The summed E-state index contributed by atoms with van der Waals surface area (Å²) in [5.41, 5.74) is 0.138. The number of halogens is 2. The van der Waals surface area contributed by atoms with Crippen molar-refractivity contribution >= 4 is 33.5 Å². The second kappa shape index (κ2) is 6.35. The van der Waals surface area contributed by atoms with Gasteiger partial charge in [0.2, 0.25) is 0 Å². The highest BCUT2D eigenvalue weighted by molar-refractivity contribution is 9.10. The lowest BCUT2D eigenvalue weighted by atomic mass is 9.97. The number of aliphatic hydroxyl groups is 2. The highest BCUT2D eigenvalue weighted by Gasteiger charge is 2.23. The van der Waals surface area contributed by atoms with Crippen LogP contribution < -0.4 is 0 Å². The van der Waals surface area contributed by atoms with Crippen molar-refractivity contribution in [2.24, 2.45) is 0 Å². The van der Waals surface area contributed by atoms with Crippen LogP contribution in [0.15, 0.2) is 22.7 Å². The van der Waals surface area contributed by atoms with Crippen LogP contribution in [-0.4, -0.2) is 33.3 Å². The van der Waals surface area contributed by atoms with Gasteiger partial charge in [0.05, 0.1) is 11.7 Å². The minimum Gasteiger partial charge on any atom is -0.478 e. The van der Waals surface area contributed by atoms with Crippen LogP contribution >= 0.6 is 27.5 Å². The molecule has 17 heavy (non-hydrogen) atoms. The van der Waals surface area contributed by atoms with E-state index in [2.05, 4.69) is 15.9 Å². The molecule has 1 aromatic rings. The molecule has 0 saturated heterocycles. The summed E-state index contributed by atoms with van der Waals surface area (Å²) < 4.78 is 0.634. The van der Waals surface area contributed by atoms with Crippen molar-refractivity contribution in [1.82, 2.24) is 0 Å². The molecule has 1 aromatic carbocycles. The predicted octanol–water partition coefficient (Wildman–Crippen LogP) is 2.17. The van der Waals surface area contributed by atoms with Gasteiger partial charge in [-0.3, -0.25) is 0 Å². The van der Waals surface area contributed by atoms with Crippen molar-refractivity contribution in [3.63, 3.8) is 0 Å². The molecule has 1 rings (SSSR count). The number of carbonyl (C=O) groups is 1. The maximum atomic E-state index is 11.0. The number of hydrogen-bond donors (Lipinski definition) is 3. The van der Waals surface area contributed by atoms with Crippen LogP contribution in [0.25, 0.3) is 0 Å². The van der Waals surface area contributed by atoms with E-state index < -0.39 is 18.2 Å². The van der Waals surface area contributed by atoms with Crippen molar-refractivity contribution in [3.8, 4) is 0 Å². The second-order valence-electron chi connectivity index (χ2n) is 3.53. The maximum Gasteiger partial charge on any atom is 0.336 e. The largest absolute Gasteiger partial charge is 0.478 e. The van der Waals surface area contributed by atoms with Crippen molar-refractivity contribution in [2.45, 2.75) is 18.6 Å². The molecular weight excluding hydrogens is 311 g/mol. The molecule has 6 heteroatoms. The fourth-order valence-electron chi connectivity index (χ4n) is 1.45. The van der Waals surface area contributed by atoms with Crippen molar-refractivity contribution < 1.29 is 20.1 Å². The molecule has 0 saturated carbocycles. The molecule has 0 aromatic heterocycles. The highest BCUT2D eigenvalue weighted by Crippen LogP contribution is 2.26. The summed E-state index contributed by atoms with van der Waals surface area (Å²) >= 11 is 8.65. The van der Waals surface area contributed by atoms with E-state index in [9.17, 15) is 15.0 Å². The van der Waals surface area contributed by atoms with E-state index in [1.807, 2.05) is 0 Å². The summed E-state index contributed by atoms with van der Waals surface area (Å²) in [6.07, 6.45) is -2.16. The Balaban J connectivity index is 3.10. The zero-order chi connectivity index (χ0) is 13.0. The first-order valence-corrected chi connectivity index (χ1v) is 6.25. The molecule has 0 aliphatic carbocycles. The van der Waals surface area contributed by atoms with Gasteiger partial charge in [0, 0.05) is 10.4 Å².